The Kier molecular flexibility index (Phi) is 5.05. The fraction of sp³-hybridized carbons (Fsp3) is 0.400. The first-order chi connectivity index (χ1) is 13.5. The van der Waals surface area contributed by atoms with Crippen LogP contribution in [0.5, 0.6) is 5.75 Å². The number of imide groups is 1. The van der Waals surface area contributed by atoms with E-state index in [9.17, 15) is 14.4 Å². The van der Waals surface area contributed by atoms with Crippen LogP contribution in [0.1, 0.15) is 18.9 Å². The standard InChI is InChI=1S/C20H19BrN2O5/c1-2-27-16(24)10-28-15-6-3-11(7-14(15)21)9-22-23-19(25)17-12-4-5-13(8-12)18(17)20(23)26/h3-7,9,12-13,17-18H,2,8,10H2,1H3/t12-,13-,17-,18+/m0/s1. The lowest BCUT2D eigenvalue weighted by atomic mass is 9.85. The van der Waals surface area contributed by atoms with E-state index in [1.54, 1.807) is 25.1 Å². The number of hydrazone groups is 1. The molecule has 146 valence electrons. The number of rotatable bonds is 6. The first-order valence-electron chi connectivity index (χ1n) is 9.17. The summed E-state index contributed by atoms with van der Waals surface area (Å²) in [5, 5.41) is 5.16. The summed E-state index contributed by atoms with van der Waals surface area (Å²) in [5.41, 5.74) is 0.689. The molecule has 3 aliphatic rings. The van der Waals surface area contributed by atoms with Crippen molar-refractivity contribution in [2.75, 3.05) is 13.2 Å². The maximum Gasteiger partial charge on any atom is 0.344 e. The molecule has 2 fully saturated rings. The van der Waals surface area contributed by atoms with E-state index in [0.717, 1.165) is 11.4 Å². The molecule has 1 heterocycles. The zero-order valence-corrected chi connectivity index (χ0v) is 16.8. The van der Waals surface area contributed by atoms with Crippen LogP contribution in [-0.4, -0.2) is 42.2 Å². The molecular weight excluding hydrogens is 428 g/mol. The van der Waals surface area contributed by atoms with E-state index < -0.39 is 5.97 Å². The zero-order chi connectivity index (χ0) is 19.8. The second-order valence-corrected chi connectivity index (χ2v) is 7.87. The molecule has 1 saturated heterocycles. The fourth-order valence-electron chi connectivity index (χ4n) is 4.18. The number of benzene rings is 1. The van der Waals surface area contributed by atoms with Crippen LogP contribution in [0.2, 0.25) is 0 Å². The SMILES string of the molecule is CCOC(=O)COc1ccc(C=NN2C(=O)[C@@H]3[C@H](C2=O)[C@H]2C=C[C@H]3C2)cc1Br. The monoisotopic (exact) mass is 446 g/mol. The van der Waals surface area contributed by atoms with Crippen molar-refractivity contribution in [2.45, 2.75) is 13.3 Å². The average Bonchev–Trinajstić information content (AvgIpc) is 3.34. The van der Waals surface area contributed by atoms with Crippen LogP contribution in [0, 0.1) is 23.7 Å². The van der Waals surface area contributed by atoms with Crippen LogP contribution in [0.15, 0.2) is 39.9 Å². The Bertz CT molecular complexity index is 867. The van der Waals surface area contributed by atoms with Gasteiger partial charge in [-0.15, -0.1) is 0 Å². The summed E-state index contributed by atoms with van der Waals surface area (Å²) in [6, 6.07) is 5.14. The van der Waals surface area contributed by atoms with Gasteiger partial charge in [0.25, 0.3) is 11.8 Å². The third-order valence-electron chi connectivity index (χ3n) is 5.38. The molecule has 1 aromatic carbocycles. The van der Waals surface area contributed by atoms with Gasteiger partial charge in [0.15, 0.2) is 6.61 Å². The number of ether oxygens (including phenoxy) is 2. The average molecular weight is 447 g/mol. The summed E-state index contributed by atoms with van der Waals surface area (Å²) in [4.78, 5) is 36.6. The molecule has 8 heteroatoms. The lowest BCUT2D eigenvalue weighted by Gasteiger charge is -2.13. The Morgan fingerprint density at radius 3 is 2.54 bits per heavy atom. The largest absolute Gasteiger partial charge is 0.481 e. The Hall–Kier alpha value is -2.48. The smallest absolute Gasteiger partial charge is 0.344 e. The number of amides is 2. The molecule has 2 aliphatic carbocycles. The second kappa shape index (κ2) is 7.50. The van der Waals surface area contributed by atoms with Crippen molar-refractivity contribution in [3.8, 4) is 5.75 Å². The minimum absolute atomic E-state index is 0.164. The first kappa shape index (κ1) is 18.9. The Morgan fingerprint density at radius 2 is 1.93 bits per heavy atom. The summed E-state index contributed by atoms with van der Waals surface area (Å²) in [6.45, 7) is 1.84. The quantitative estimate of drug-likeness (QED) is 0.290. The molecule has 1 aliphatic heterocycles. The van der Waals surface area contributed by atoms with E-state index in [2.05, 4.69) is 33.2 Å². The van der Waals surface area contributed by atoms with Gasteiger partial charge in [-0.25, -0.2) is 4.79 Å². The molecule has 0 aromatic heterocycles. The van der Waals surface area contributed by atoms with Crippen molar-refractivity contribution < 1.29 is 23.9 Å². The minimum Gasteiger partial charge on any atom is -0.481 e. The number of nitrogens with zero attached hydrogens (tertiary/aromatic N) is 2. The van der Waals surface area contributed by atoms with Gasteiger partial charge >= 0.3 is 5.97 Å². The highest BCUT2D eigenvalue weighted by Crippen LogP contribution is 2.52. The van der Waals surface area contributed by atoms with Gasteiger partial charge in [0.05, 0.1) is 29.1 Å². The van der Waals surface area contributed by atoms with Crippen LogP contribution in [0.3, 0.4) is 0 Å². The number of halogens is 1. The maximum absolute atomic E-state index is 12.6. The van der Waals surface area contributed by atoms with Gasteiger partial charge in [-0.3, -0.25) is 9.59 Å². The molecule has 1 saturated carbocycles. The summed E-state index contributed by atoms with van der Waals surface area (Å²) in [7, 11) is 0. The predicted molar refractivity (Wildman–Crippen MR) is 103 cm³/mol. The third-order valence-corrected chi connectivity index (χ3v) is 6.00. The molecule has 28 heavy (non-hydrogen) atoms. The van der Waals surface area contributed by atoms with Crippen LogP contribution in [0.4, 0.5) is 0 Å². The Balaban J connectivity index is 1.43. The van der Waals surface area contributed by atoms with E-state index in [0.29, 0.717) is 22.4 Å². The number of hydrogen-bond donors (Lipinski definition) is 0. The summed E-state index contributed by atoms with van der Waals surface area (Å²) in [5.74, 6) is -0.577. The van der Waals surface area contributed by atoms with E-state index in [1.165, 1.54) is 6.21 Å². The van der Waals surface area contributed by atoms with Gasteiger partial charge in [0.2, 0.25) is 0 Å². The summed E-state index contributed by atoms with van der Waals surface area (Å²) >= 11 is 3.38. The zero-order valence-electron chi connectivity index (χ0n) is 15.2. The molecule has 4 atom stereocenters. The lowest BCUT2D eigenvalue weighted by Crippen LogP contribution is -2.28. The Labute approximate surface area is 170 Å². The molecule has 0 radical (unpaired) electrons. The topological polar surface area (TPSA) is 85.3 Å². The second-order valence-electron chi connectivity index (χ2n) is 7.02. The molecule has 2 bridgehead atoms. The van der Waals surface area contributed by atoms with Gasteiger partial charge in [-0.2, -0.15) is 10.1 Å². The number of carbonyl (C=O) groups is 3. The molecule has 2 amide bonds. The number of esters is 1. The van der Waals surface area contributed by atoms with Gasteiger partial charge in [0, 0.05) is 0 Å². The van der Waals surface area contributed by atoms with E-state index in [4.69, 9.17) is 9.47 Å². The van der Waals surface area contributed by atoms with Crippen molar-refractivity contribution in [1.82, 2.24) is 5.01 Å². The van der Waals surface area contributed by atoms with Crippen LogP contribution >= 0.6 is 15.9 Å². The Morgan fingerprint density at radius 1 is 1.25 bits per heavy atom. The highest BCUT2D eigenvalue weighted by atomic mass is 79.9. The van der Waals surface area contributed by atoms with Crippen LogP contribution < -0.4 is 4.74 Å². The molecule has 0 spiro atoms. The van der Waals surface area contributed by atoms with Crippen LogP contribution in [0.25, 0.3) is 0 Å². The third kappa shape index (κ3) is 3.26. The van der Waals surface area contributed by atoms with E-state index >= 15 is 0 Å². The van der Waals surface area contributed by atoms with Crippen molar-refractivity contribution in [2.24, 2.45) is 28.8 Å². The molecule has 0 N–H and O–H groups in total. The van der Waals surface area contributed by atoms with Crippen LogP contribution in [-0.2, 0) is 19.1 Å². The van der Waals surface area contributed by atoms with Gasteiger partial charge in [-0.05, 0) is 64.9 Å². The predicted octanol–water partition coefficient (Wildman–Crippen LogP) is 2.53. The molecule has 4 rings (SSSR count). The van der Waals surface area contributed by atoms with E-state index in [1.807, 2.05) is 0 Å². The first-order valence-corrected chi connectivity index (χ1v) is 9.97. The minimum atomic E-state index is -0.444. The number of hydrogen-bond acceptors (Lipinski definition) is 6. The molecule has 1 aromatic rings. The van der Waals surface area contributed by atoms with Crippen molar-refractivity contribution >= 4 is 39.9 Å². The highest BCUT2D eigenvalue weighted by molar-refractivity contribution is 9.10. The number of fused-ring (bicyclic) bond motifs is 5. The number of allylic oxidation sites excluding steroid dienone is 2. The normalized spacial score (nSPS) is 27.7. The fourth-order valence-corrected chi connectivity index (χ4v) is 4.69. The van der Waals surface area contributed by atoms with Gasteiger partial charge < -0.3 is 9.47 Å². The van der Waals surface area contributed by atoms with E-state index in [-0.39, 0.29) is 42.1 Å². The van der Waals surface area contributed by atoms with Crippen molar-refractivity contribution in [3.63, 3.8) is 0 Å². The van der Waals surface area contributed by atoms with Crippen molar-refractivity contribution in [3.05, 3.63) is 40.4 Å². The number of carbonyl (C=O) groups excluding carboxylic acids is 3. The summed E-state index contributed by atoms with van der Waals surface area (Å²) < 4.78 is 10.9. The van der Waals surface area contributed by atoms with Crippen molar-refractivity contribution in [1.29, 1.82) is 0 Å². The summed E-state index contributed by atoms with van der Waals surface area (Å²) in [6.07, 6.45) is 6.48. The molecule has 7 nitrogen and oxygen atoms in total. The molecular formula is C20H19BrN2O5. The lowest BCUT2D eigenvalue weighted by molar-refractivity contribution is -0.145. The van der Waals surface area contributed by atoms with Gasteiger partial charge in [-0.1, -0.05) is 12.2 Å². The molecule has 0 unspecified atom stereocenters. The maximum atomic E-state index is 12.6. The highest BCUT2D eigenvalue weighted by Gasteiger charge is 2.59. The van der Waals surface area contributed by atoms with Gasteiger partial charge in [0.1, 0.15) is 5.75 Å².